The summed E-state index contributed by atoms with van der Waals surface area (Å²) in [5.74, 6) is 0. The minimum absolute atomic E-state index is 0.307. The smallest absolute Gasteiger partial charge is 0.410 e. The van der Waals surface area contributed by atoms with E-state index in [0.29, 0.717) is 19.6 Å². The molecule has 130 valence electrons. The minimum atomic E-state index is -2.41. The highest BCUT2D eigenvalue weighted by atomic mass is 19.3. The van der Waals surface area contributed by atoms with Gasteiger partial charge in [0.1, 0.15) is 5.60 Å². The lowest BCUT2D eigenvalue weighted by atomic mass is 10.1. The maximum Gasteiger partial charge on any atom is 0.410 e. The van der Waals surface area contributed by atoms with Crippen LogP contribution in [-0.2, 0) is 11.8 Å². The zero-order chi connectivity index (χ0) is 17.2. The molecule has 2 rings (SSSR count). The number of hydrogen-bond donors (Lipinski definition) is 0. The Morgan fingerprint density at radius 3 is 2.65 bits per heavy atom. The molecule has 0 radical (unpaired) electrons. The molecule has 2 heterocycles. The fourth-order valence-electron chi connectivity index (χ4n) is 2.64. The van der Waals surface area contributed by atoms with Gasteiger partial charge >= 0.3 is 6.09 Å². The van der Waals surface area contributed by atoms with Crippen molar-refractivity contribution in [2.75, 3.05) is 26.2 Å². The van der Waals surface area contributed by atoms with Gasteiger partial charge in [0.25, 0.3) is 6.43 Å². The summed E-state index contributed by atoms with van der Waals surface area (Å²) in [5, 5.41) is 4.10. The molecule has 6 nitrogen and oxygen atoms in total. The van der Waals surface area contributed by atoms with Crippen LogP contribution in [-0.4, -0.2) is 63.9 Å². The molecule has 8 heteroatoms. The summed E-state index contributed by atoms with van der Waals surface area (Å²) in [7, 11) is 1.77. The molecule has 0 bridgehead atoms. The third-order valence-corrected chi connectivity index (χ3v) is 3.63. The third-order valence-electron chi connectivity index (χ3n) is 3.63. The highest BCUT2D eigenvalue weighted by Crippen LogP contribution is 2.26. The van der Waals surface area contributed by atoms with Crippen LogP contribution in [0.15, 0.2) is 12.4 Å². The number of carbonyl (C=O) groups excluding carboxylic acids is 1. The standard InChI is InChI=1S/C15H24F2N4O2/c1-15(2,3)23-14(22)21-6-5-20(10-13(16)17)12(9-21)11-7-18-19(4)8-11/h7-8,12-13H,5-6,9-10H2,1-4H3. The van der Waals surface area contributed by atoms with Gasteiger partial charge in [-0.05, 0) is 20.8 Å². The van der Waals surface area contributed by atoms with Crippen molar-refractivity contribution in [3.05, 3.63) is 18.0 Å². The Morgan fingerprint density at radius 2 is 2.13 bits per heavy atom. The van der Waals surface area contributed by atoms with E-state index in [1.807, 2.05) is 0 Å². The molecule has 1 amide bonds. The SMILES string of the molecule is Cn1cc(C2CN(C(=O)OC(C)(C)C)CCN2CC(F)F)cn1. The second kappa shape index (κ2) is 6.82. The zero-order valence-corrected chi connectivity index (χ0v) is 14.0. The lowest BCUT2D eigenvalue weighted by molar-refractivity contribution is -0.00879. The average Bonchev–Trinajstić information content (AvgIpc) is 2.83. The maximum atomic E-state index is 12.8. The fraction of sp³-hybridized carbons (Fsp3) is 0.733. The van der Waals surface area contributed by atoms with Gasteiger partial charge in [0.05, 0.1) is 18.8 Å². The highest BCUT2D eigenvalue weighted by Gasteiger charge is 2.34. The van der Waals surface area contributed by atoms with Crippen molar-refractivity contribution in [1.29, 1.82) is 0 Å². The van der Waals surface area contributed by atoms with E-state index in [0.717, 1.165) is 5.56 Å². The van der Waals surface area contributed by atoms with Crippen LogP contribution in [0.5, 0.6) is 0 Å². The number of hydrogen-bond acceptors (Lipinski definition) is 4. The molecule has 0 aromatic carbocycles. The summed E-state index contributed by atoms with van der Waals surface area (Å²) in [6.07, 6.45) is 0.619. The quantitative estimate of drug-likeness (QED) is 0.853. The summed E-state index contributed by atoms with van der Waals surface area (Å²) in [6, 6.07) is -0.307. The van der Waals surface area contributed by atoms with Gasteiger partial charge in [0.15, 0.2) is 0 Å². The summed E-state index contributed by atoms with van der Waals surface area (Å²) in [6.45, 7) is 6.15. The molecular formula is C15H24F2N4O2. The number of aryl methyl sites for hydroxylation is 1. The Hall–Kier alpha value is -1.70. The van der Waals surface area contributed by atoms with Crippen molar-refractivity contribution in [1.82, 2.24) is 19.6 Å². The van der Waals surface area contributed by atoms with Gasteiger partial charge < -0.3 is 9.64 Å². The first-order valence-electron chi connectivity index (χ1n) is 7.64. The first kappa shape index (κ1) is 17.7. The van der Waals surface area contributed by atoms with E-state index in [1.54, 1.807) is 54.7 Å². The predicted molar refractivity (Wildman–Crippen MR) is 81.3 cm³/mol. The van der Waals surface area contributed by atoms with Crippen molar-refractivity contribution in [2.45, 2.75) is 38.8 Å². The Kier molecular flexibility index (Phi) is 5.23. The van der Waals surface area contributed by atoms with Crippen LogP contribution in [0, 0.1) is 0 Å². The molecule has 1 aromatic heterocycles. The lowest BCUT2D eigenvalue weighted by Gasteiger charge is -2.41. The summed E-state index contributed by atoms with van der Waals surface area (Å²) >= 11 is 0. The van der Waals surface area contributed by atoms with Crippen LogP contribution in [0.3, 0.4) is 0 Å². The van der Waals surface area contributed by atoms with Crippen LogP contribution in [0.1, 0.15) is 32.4 Å². The van der Waals surface area contributed by atoms with Crippen LogP contribution >= 0.6 is 0 Å². The second-order valence-corrected chi connectivity index (χ2v) is 6.78. The first-order valence-corrected chi connectivity index (χ1v) is 7.64. The summed E-state index contributed by atoms with van der Waals surface area (Å²) in [4.78, 5) is 15.5. The molecule has 1 aliphatic rings. The Morgan fingerprint density at radius 1 is 1.43 bits per heavy atom. The molecule has 1 fully saturated rings. The van der Waals surface area contributed by atoms with E-state index >= 15 is 0 Å². The van der Waals surface area contributed by atoms with Crippen molar-refractivity contribution in [3.8, 4) is 0 Å². The average molecular weight is 330 g/mol. The van der Waals surface area contributed by atoms with Gasteiger partial charge in [-0.15, -0.1) is 0 Å². The monoisotopic (exact) mass is 330 g/mol. The van der Waals surface area contributed by atoms with Crippen LogP contribution in [0.25, 0.3) is 0 Å². The molecule has 0 saturated carbocycles. The molecule has 0 aliphatic carbocycles. The molecule has 23 heavy (non-hydrogen) atoms. The normalized spacial score (nSPS) is 20.1. The molecule has 1 aliphatic heterocycles. The first-order chi connectivity index (χ1) is 10.7. The topological polar surface area (TPSA) is 50.6 Å². The molecule has 1 saturated heterocycles. The Bertz CT molecular complexity index is 542. The van der Waals surface area contributed by atoms with E-state index in [-0.39, 0.29) is 12.6 Å². The van der Waals surface area contributed by atoms with Gasteiger partial charge in [-0.1, -0.05) is 0 Å². The summed E-state index contributed by atoms with van der Waals surface area (Å²) in [5.41, 5.74) is 0.238. The van der Waals surface area contributed by atoms with E-state index in [2.05, 4.69) is 5.10 Å². The van der Waals surface area contributed by atoms with Crippen molar-refractivity contribution in [3.63, 3.8) is 0 Å². The minimum Gasteiger partial charge on any atom is -0.444 e. The van der Waals surface area contributed by atoms with Gasteiger partial charge in [-0.2, -0.15) is 5.10 Å². The maximum absolute atomic E-state index is 12.8. The van der Waals surface area contributed by atoms with Crippen molar-refractivity contribution in [2.24, 2.45) is 7.05 Å². The number of carbonyl (C=O) groups is 1. The number of alkyl halides is 2. The highest BCUT2D eigenvalue weighted by molar-refractivity contribution is 5.68. The zero-order valence-electron chi connectivity index (χ0n) is 14.0. The Labute approximate surface area is 135 Å². The van der Waals surface area contributed by atoms with E-state index in [4.69, 9.17) is 4.74 Å². The molecule has 0 spiro atoms. The number of ether oxygens (including phenoxy) is 1. The number of aromatic nitrogens is 2. The van der Waals surface area contributed by atoms with Crippen LogP contribution < -0.4 is 0 Å². The molecular weight excluding hydrogens is 306 g/mol. The predicted octanol–water partition coefficient (Wildman–Crippen LogP) is 2.28. The van der Waals surface area contributed by atoms with Crippen LogP contribution in [0.4, 0.5) is 13.6 Å². The third kappa shape index (κ3) is 4.89. The van der Waals surface area contributed by atoms with Gasteiger partial charge in [-0.25, -0.2) is 13.6 Å². The molecule has 1 atom stereocenters. The van der Waals surface area contributed by atoms with E-state index in [9.17, 15) is 13.6 Å². The van der Waals surface area contributed by atoms with Crippen molar-refractivity contribution < 1.29 is 18.3 Å². The Balaban J connectivity index is 2.13. The summed E-state index contributed by atoms with van der Waals surface area (Å²) < 4.78 is 32.7. The van der Waals surface area contributed by atoms with Gasteiger partial charge in [0, 0.05) is 38.4 Å². The van der Waals surface area contributed by atoms with Crippen molar-refractivity contribution >= 4 is 6.09 Å². The molecule has 0 N–H and O–H groups in total. The van der Waals surface area contributed by atoms with Gasteiger partial charge in [-0.3, -0.25) is 9.58 Å². The number of nitrogens with zero attached hydrogens (tertiary/aromatic N) is 4. The largest absolute Gasteiger partial charge is 0.444 e. The van der Waals surface area contributed by atoms with Gasteiger partial charge in [0.2, 0.25) is 0 Å². The number of amides is 1. The number of piperazine rings is 1. The second-order valence-electron chi connectivity index (χ2n) is 6.78. The molecule has 1 unspecified atom stereocenters. The molecule has 1 aromatic rings. The van der Waals surface area contributed by atoms with Crippen LogP contribution in [0.2, 0.25) is 0 Å². The fourth-order valence-corrected chi connectivity index (χ4v) is 2.64. The number of rotatable bonds is 3. The van der Waals surface area contributed by atoms with E-state index in [1.165, 1.54) is 0 Å². The lowest BCUT2D eigenvalue weighted by Crippen LogP contribution is -2.52. The number of halogens is 2. The van der Waals surface area contributed by atoms with E-state index < -0.39 is 18.1 Å².